The van der Waals surface area contributed by atoms with Crippen molar-refractivity contribution in [3.05, 3.63) is 52.6 Å². The lowest BCUT2D eigenvalue weighted by atomic mass is 10.0. The Kier molecular flexibility index (Phi) is 7.65. The van der Waals surface area contributed by atoms with Crippen LogP contribution in [0.25, 0.3) is 0 Å². The zero-order valence-electron chi connectivity index (χ0n) is 17.9. The molecule has 6 heteroatoms. The van der Waals surface area contributed by atoms with Crippen LogP contribution >= 0.6 is 0 Å². The van der Waals surface area contributed by atoms with E-state index < -0.39 is 12.1 Å². The van der Waals surface area contributed by atoms with Crippen molar-refractivity contribution >= 4 is 17.6 Å². The molecular formula is C23H29NO5. The summed E-state index contributed by atoms with van der Waals surface area (Å²) >= 11 is 0. The van der Waals surface area contributed by atoms with Crippen molar-refractivity contribution in [3.63, 3.8) is 0 Å². The molecule has 29 heavy (non-hydrogen) atoms. The van der Waals surface area contributed by atoms with Gasteiger partial charge in [0.2, 0.25) is 0 Å². The van der Waals surface area contributed by atoms with E-state index in [1.165, 1.54) is 7.11 Å². The van der Waals surface area contributed by atoms with Crippen LogP contribution in [0.4, 0.5) is 5.69 Å². The summed E-state index contributed by atoms with van der Waals surface area (Å²) in [6, 6.07) is 8.79. The van der Waals surface area contributed by atoms with Gasteiger partial charge in [-0.15, -0.1) is 0 Å². The molecule has 0 saturated heterocycles. The Balaban J connectivity index is 2.07. The molecule has 1 N–H and O–H groups in total. The number of rotatable bonds is 8. The number of nitrogens with one attached hydrogen (secondary N) is 1. The first-order valence-electron chi connectivity index (χ1n) is 9.67. The van der Waals surface area contributed by atoms with Gasteiger partial charge in [0.15, 0.2) is 17.6 Å². The van der Waals surface area contributed by atoms with Crippen molar-refractivity contribution in [3.8, 4) is 11.5 Å². The molecule has 0 fully saturated rings. The van der Waals surface area contributed by atoms with Gasteiger partial charge in [-0.05, 0) is 63.4 Å². The lowest BCUT2D eigenvalue weighted by Crippen LogP contribution is -2.30. The number of ether oxygens (including phenoxy) is 3. The predicted octanol–water partition coefficient (Wildman–Crippen LogP) is 4.59. The monoisotopic (exact) mass is 399 g/mol. The zero-order chi connectivity index (χ0) is 21.6. The maximum atomic E-state index is 12.5. The van der Waals surface area contributed by atoms with Gasteiger partial charge in [-0.2, -0.15) is 0 Å². The lowest BCUT2D eigenvalue weighted by molar-refractivity contribution is -0.123. The fourth-order valence-electron chi connectivity index (χ4n) is 3.01. The molecule has 0 radical (unpaired) electrons. The van der Waals surface area contributed by atoms with Gasteiger partial charge in [0, 0.05) is 5.69 Å². The first kappa shape index (κ1) is 22.3. The van der Waals surface area contributed by atoms with Crippen LogP contribution in [-0.4, -0.2) is 31.7 Å². The number of anilines is 1. The molecule has 1 amide bonds. The van der Waals surface area contributed by atoms with Gasteiger partial charge >= 0.3 is 5.97 Å². The van der Waals surface area contributed by atoms with Crippen LogP contribution < -0.4 is 14.8 Å². The third-order valence-corrected chi connectivity index (χ3v) is 4.44. The molecule has 2 rings (SSSR count). The highest BCUT2D eigenvalue weighted by atomic mass is 16.5. The van der Waals surface area contributed by atoms with Gasteiger partial charge in [-0.1, -0.05) is 24.6 Å². The summed E-state index contributed by atoms with van der Waals surface area (Å²) in [5.41, 5.74) is 4.07. The van der Waals surface area contributed by atoms with Gasteiger partial charge in [0.25, 0.3) is 5.91 Å². The summed E-state index contributed by atoms with van der Waals surface area (Å²) in [4.78, 5) is 25.0. The van der Waals surface area contributed by atoms with E-state index in [0.29, 0.717) is 18.1 Å². The van der Waals surface area contributed by atoms with E-state index in [-0.39, 0.29) is 11.5 Å². The van der Waals surface area contributed by atoms with Crippen molar-refractivity contribution in [2.75, 3.05) is 19.0 Å². The van der Waals surface area contributed by atoms with Crippen molar-refractivity contribution in [2.45, 2.75) is 47.1 Å². The molecule has 0 aliphatic carbocycles. The second-order valence-electron chi connectivity index (χ2n) is 7.02. The number of aryl methyl sites for hydroxylation is 3. The smallest absolute Gasteiger partial charge is 0.339 e. The maximum Gasteiger partial charge on any atom is 0.339 e. The summed E-state index contributed by atoms with van der Waals surface area (Å²) < 4.78 is 16.2. The molecule has 0 aliphatic heterocycles. The largest absolute Gasteiger partial charge is 0.493 e. The summed E-state index contributed by atoms with van der Waals surface area (Å²) in [5.74, 6) is 0.00605. The van der Waals surface area contributed by atoms with Crippen LogP contribution in [0, 0.1) is 20.8 Å². The highest BCUT2D eigenvalue weighted by molar-refractivity contribution is 5.98. The molecule has 0 heterocycles. The molecule has 1 atom stereocenters. The van der Waals surface area contributed by atoms with Crippen molar-refractivity contribution in [1.82, 2.24) is 0 Å². The van der Waals surface area contributed by atoms with Crippen molar-refractivity contribution in [1.29, 1.82) is 0 Å². The average Bonchev–Trinajstić information content (AvgIpc) is 2.68. The maximum absolute atomic E-state index is 12.5. The minimum absolute atomic E-state index is 0.285. The summed E-state index contributed by atoms with van der Waals surface area (Å²) in [6.45, 7) is 9.96. The fourth-order valence-corrected chi connectivity index (χ4v) is 3.01. The Hall–Kier alpha value is -3.02. The zero-order valence-corrected chi connectivity index (χ0v) is 17.9. The second kappa shape index (κ2) is 9.96. The molecule has 0 aromatic heterocycles. The summed E-state index contributed by atoms with van der Waals surface area (Å²) in [7, 11) is 1.51. The summed E-state index contributed by atoms with van der Waals surface area (Å²) in [5, 5.41) is 2.86. The highest BCUT2D eigenvalue weighted by Gasteiger charge is 2.21. The Labute approximate surface area is 172 Å². The number of hydrogen-bond acceptors (Lipinski definition) is 5. The molecular weight excluding hydrogens is 370 g/mol. The SMILES string of the molecule is CCCOc1ccc(C(=O)O[C@H](C)C(=O)Nc2c(C)cc(C)cc2C)cc1OC. The molecule has 2 aromatic carbocycles. The van der Waals surface area contributed by atoms with E-state index in [4.69, 9.17) is 14.2 Å². The van der Waals surface area contributed by atoms with E-state index in [2.05, 4.69) is 5.32 Å². The predicted molar refractivity (Wildman–Crippen MR) is 113 cm³/mol. The molecule has 0 saturated carbocycles. The number of hydrogen-bond donors (Lipinski definition) is 1. The average molecular weight is 399 g/mol. The Bertz CT molecular complexity index is 868. The number of methoxy groups -OCH3 is 1. The molecule has 0 unspecified atom stereocenters. The van der Waals surface area contributed by atoms with Gasteiger partial charge in [-0.3, -0.25) is 4.79 Å². The first-order chi connectivity index (χ1) is 13.8. The minimum atomic E-state index is -0.954. The van der Waals surface area contributed by atoms with Crippen LogP contribution in [0.15, 0.2) is 30.3 Å². The Morgan fingerprint density at radius 1 is 1.03 bits per heavy atom. The quantitative estimate of drug-likeness (QED) is 0.657. The Morgan fingerprint density at radius 2 is 1.69 bits per heavy atom. The topological polar surface area (TPSA) is 73.9 Å². The fraction of sp³-hybridized carbons (Fsp3) is 0.391. The van der Waals surface area contributed by atoms with Crippen LogP contribution in [0.5, 0.6) is 11.5 Å². The van der Waals surface area contributed by atoms with Gasteiger partial charge in [-0.25, -0.2) is 4.79 Å². The van der Waals surface area contributed by atoms with Gasteiger partial charge < -0.3 is 19.5 Å². The van der Waals surface area contributed by atoms with Gasteiger partial charge in [0.1, 0.15) is 0 Å². The van der Waals surface area contributed by atoms with Crippen LogP contribution in [-0.2, 0) is 9.53 Å². The molecule has 2 aromatic rings. The summed E-state index contributed by atoms with van der Waals surface area (Å²) in [6.07, 6.45) is -0.0934. The van der Waals surface area contributed by atoms with E-state index in [1.54, 1.807) is 25.1 Å². The molecule has 156 valence electrons. The minimum Gasteiger partial charge on any atom is -0.493 e. The van der Waals surface area contributed by atoms with Crippen LogP contribution in [0.1, 0.15) is 47.3 Å². The van der Waals surface area contributed by atoms with Crippen LogP contribution in [0.2, 0.25) is 0 Å². The number of carbonyl (C=O) groups is 2. The number of amides is 1. The Morgan fingerprint density at radius 3 is 2.28 bits per heavy atom. The molecule has 0 aliphatic rings. The molecule has 6 nitrogen and oxygen atoms in total. The molecule has 0 bridgehead atoms. The lowest BCUT2D eigenvalue weighted by Gasteiger charge is -2.17. The third kappa shape index (κ3) is 5.73. The van der Waals surface area contributed by atoms with E-state index in [0.717, 1.165) is 28.8 Å². The van der Waals surface area contributed by atoms with Crippen molar-refractivity contribution in [2.24, 2.45) is 0 Å². The highest BCUT2D eigenvalue weighted by Crippen LogP contribution is 2.29. The standard InChI is InChI=1S/C23H29NO5/c1-7-10-28-19-9-8-18(13-20(19)27-6)23(26)29-17(5)22(25)24-21-15(3)11-14(2)12-16(21)4/h8-9,11-13,17H,7,10H2,1-6H3,(H,24,25)/t17-/m1/s1. The van der Waals surface area contributed by atoms with Crippen LogP contribution in [0.3, 0.4) is 0 Å². The third-order valence-electron chi connectivity index (χ3n) is 4.44. The van der Waals surface area contributed by atoms with Gasteiger partial charge in [0.05, 0.1) is 19.3 Å². The molecule has 0 spiro atoms. The van der Waals surface area contributed by atoms with Crippen molar-refractivity contribution < 1.29 is 23.8 Å². The van der Waals surface area contributed by atoms with E-state index >= 15 is 0 Å². The number of esters is 1. The number of benzene rings is 2. The van der Waals surface area contributed by atoms with E-state index in [1.807, 2.05) is 39.8 Å². The van der Waals surface area contributed by atoms with E-state index in [9.17, 15) is 9.59 Å². The number of carbonyl (C=O) groups excluding carboxylic acids is 2. The second-order valence-corrected chi connectivity index (χ2v) is 7.02. The normalized spacial score (nSPS) is 11.5. The first-order valence-corrected chi connectivity index (χ1v) is 9.67.